The summed E-state index contributed by atoms with van der Waals surface area (Å²) in [7, 11) is 0. The fourth-order valence-electron chi connectivity index (χ4n) is 1.83. The number of halogens is 2. The smallest absolute Gasteiger partial charge is 0.151 e. The second-order valence-corrected chi connectivity index (χ2v) is 4.72. The van der Waals surface area contributed by atoms with Crippen molar-refractivity contribution in [1.29, 1.82) is 0 Å². The lowest BCUT2D eigenvalue weighted by molar-refractivity contribution is 0.0342. The van der Waals surface area contributed by atoms with E-state index >= 15 is 0 Å². The third-order valence-corrected chi connectivity index (χ3v) is 3.63. The molecule has 0 spiro atoms. The molecule has 0 amide bonds. The minimum absolute atomic E-state index is 0.457. The van der Waals surface area contributed by atoms with Crippen LogP contribution in [0.25, 0.3) is 0 Å². The van der Waals surface area contributed by atoms with Gasteiger partial charge in [-0.05, 0) is 12.1 Å². The molecule has 1 fully saturated rings. The number of hydrogen-bond acceptors (Lipinski definition) is 3. The van der Waals surface area contributed by atoms with Gasteiger partial charge in [0.25, 0.3) is 0 Å². The molecule has 0 N–H and O–H groups in total. The van der Waals surface area contributed by atoms with Gasteiger partial charge >= 0.3 is 0 Å². The Morgan fingerprint density at radius 2 is 2.00 bits per heavy atom. The lowest BCUT2D eigenvalue weighted by Crippen LogP contribution is -2.35. The molecule has 0 radical (unpaired) electrons. The van der Waals surface area contributed by atoms with E-state index in [2.05, 4.69) is 4.90 Å². The number of ether oxygens (including phenoxy) is 1. The zero-order valence-corrected chi connectivity index (χ0v) is 10.8. The van der Waals surface area contributed by atoms with Crippen LogP contribution in [0, 0.1) is 0 Å². The van der Waals surface area contributed by atoms with Crippen LogP contribution in [-0.4, -0.2) is 37.5 Å². The van der Waals surface area contributed by atoms with Crippen LogP contribution in [0.2, 0.25) is 10.0 Å². The number of morpholine rings is 1. The van der Waals surface area contributed by atoms with E-state index in [1.54, 1.807) is 12.1 Å². The third kappa shape index (κ3) is 2.99. The Hall–Kier alpha value is -0.610. The monoisotopic (exact) mass is 273 g/mol. The topological polar surface area (TPSA) is 29.5 Å². The zero-order chi connectivity index (χ0) is 12.3. The average Bonchev–Trinajstić information content (AvgIpc) is 2.36. The van der Waals surface area contributed by atoms with Gasteiger partial charge in [0.15, 0.2) is 6.29 Å². The van der Waals surface area contributed by atoms with E-state index in [1.807, 2.05) is 0 Å². The van der Waals surface area contributed by atoms with Crippen molar-refractivity contribution in [2.45, 2.75) is 6.54 Å². The minimum atomic E-state index is 0.457. The minimum Gasteiger partial charge on any atom is -0.379 e. The van der Waals surface area contributed by atoms with Gasteiger partial charge in [-0.1, -0.05) is 23.2 Å². The molecule has 0 aliphatic carbocycles. The summed E-state index contributed by atoms with van der Waals surface area (Å²) in [6, 6.07) is 3.35. The maximum atomic E-state index is 10.8. The van der Waals surface area contributed by atoms with Crippen LogP contribution < -0.4 is 0 Å². The molecular weight excluding hydrogens is 261 g/mol. The molecule has 1 aliphatic rings. The van der Waals surface area contributed by atoms with E-state index < -0.39 is 0 Å². The first-order valence-electron chi connectivity index (χ1n) is 5.44. The highest BCUT2D eigenvalue weighted by atomic mass is 35.5. The first kappa shape index (κ1) is 12.8. The lowest BCUT2D eigenvalue weighted by Gasteiger charge is -2.27. The van der Waals surface area contributed by atoms with E-state index in [0.717, 1.165) is 38.2 Å². The first-order chi connectivity index (χ1) is 8.22. The van der Waals surface area contributed by atoms with Gasteiger partial charge in [0.2, 0.25) is 0 Å². The molecule has 92 valence electrons. The number of aldehydes is 1. The van der Waals surface area contributed by atoms with Gasteiger partial charge in [0.05, 0.1) is 18.2 Å². The number of carbonyl (C=O) groups excluding carboxylic acids is 1. The Bertz CT molecular complexity index is 417. The molecule has 0 saturated carbocycles. The molecule has 0 bridgehead atoms. The summed E-state index contributed by atoms with van der Waals surface area (Å²) in [6.07, 6.45) is 0.751. The number of rotatable bonds is 3. The summed E-state index contributed by atoms with van der Waals surface area (Å²) in [4.78, 5) is 13.0. The maximum Gasteiger partial charge on any atom is 0.151 e. The molecule has 5 heteroatoms. The normalized spacial score (nSPS) is 17.1. The second-order valence-electron chi connectivity index (χ2n) is 3.94. The second kappa shape index (κ2) is 5.83. The predicted molar refractivity (Wildman–Crippen MR) is 67.9 cm³/mol. The molecule has 0 unspecified atom stereocenters. The summed E-state index contributed by atoms with van der Waals surface area (Å²) < 4.78 is 5.28. The fraction of sp³-hybridized carbons (Fsp3) is 0.417. The number of nitrogens with zero attached hydrogens (tertiary/aromatic N) is 1. The average molecular weight is 274 g/mol. The van der Waals surface area contributed by atoms with Gasteiger partial charge in [-0.2, -0.15) is 0 Å². The Morgan fingerprint density at radius 3 is 2.65 bits per heavy atom. The molecule has 1 aliphatic heterocycles. The van der Waals surface area contributed by atoms with Crippen LogP contribution in [-0.2, 0) is 11.3 Å². The van der Waals surface area contributed by atoms with Crippen molar-refractivity contribution >= 4 is 29.5 Å². The Balaban J connectivity index is 2.21. The van der Waals surface area contributed by atoms with Gasteiger partial charge in [0, 0.05) is 35.8 Å². The highest BCUT2D eigenvalue weighted by molar-refractivity contribution is 6.37. The molecule has 1 saturated heterocycles. The lowest BCUT2D eigenvalue weighted by atomic mass is 10.1. The van der Waals surface area contributed by atoms with Crippen molar-refractivity contribution in [3.8, 4) is 0 Å². The van der Waals surface area contributed by atoms with E-state index in [9.17, 15) is 4.79 Å². The molecule has 1 aromatic rings. The van der Waals surface area contributed by atoms with Crippen molar-refractivity contribution in [3.05, 3.63) is 33.3 Å². The van der Waals surface area contributed by atoms with Crippen LogP contribution in [0.3, 0.4) is 0 Å². The Kier molecular flexibility index (Phi) is 4.40. The fourth-order valence-corrected chi connectivity index (χ4v) is 2.37. The Morgan fingerprint density at radius 1 is 1.29 bits per heavy atom. The summed E-state index contributed by atoms with van der Waals surface area (Å²) in [5.41, 5.74) is 1.30. The van der Waals surface area contributed by atoms with Crippen LogP contribution in [0.15, 0.2) is 12.1 Å². The molecule has 0 aromatic heterocycles. The summed E-state index contributed by atoms with van der Waals surface area (Å²) in [5, 5.41) is 1.06. The largest absolute Gasteiger partial charge is 0.379 e. The van der Waals surface area contributed by atoms with Crippen LogP contribution >= 0.6 is 23.2 Å². The molecule has 2 rings (SSSR count). The summed E-state index contributed by atoms with van der Waals surface area (Å²) in [6.45, 7) is 3.82. The maximum absolute atomic E-state index is 10.8. The standard InChI is InChI=1S/C12H13Cl2NO2/c13-11-2-1-9(8-16)12(14)10(11)7-15-3-5-17-6-4-15/h1-2,8H,3-7H2. The van der Waals surface area contributed by atoms with E-state index in [0.29, 0.717) is 22.2 Å². The third-order valence-electron chi connectivity index (χ3n) is 2.83. The first-order valence-corrected chi connectivity index (χ1v) is 6.20. The Labute approximate surface area is 110 Å². The van der Waals surface area contributed by atoms with E-state index in [1.165, 1.54) is 0 Å². The quantitative estimate of drug-likeness (QED) is 0.793. The number of hydrogen-bond donors (Lipinski definition) is 0. The van der Waals surface area contributed by atoms with Gasteiger partial charge < -0.3 is 4.74 Å². The van der Waals surface area contributed by atoms with Crippen LogP contribution in [0.5, 0.6) is 0 Å². The molecular formula is C12H13Cl2NO2. The number of benzene rings is 1. The van der Waals surface area contributed by atoms with Crippen molar-refractivity contribution < 1.29 is 9.53 Å². The SMILES string of the molecule is O=Cc1ccc(Cl)c(CN2CCOCC2)c1Cl. The molecule has 0 atom stereocenters. The van der Waals surface area contributed by atoms with E-state index in [-0.39, 0.29) is 0 Å². The van der Waals surface area contributed by atoms with Crippen LogP contribution in [0.1, 0.15) is 15.9 Å². The summed E-state index contributed by atoms with van der Waals surface area (Å²) in [5.74, 6) is 0. The van der Waals surface area contributed by atoms with E-state index in [4.69, 9.17) is 27.9 Å². The van der Waals surface area contributed by atoms with Crippen molar-refractivity contribution in [1.82, 2.24) is 4.90 Å². The van der Waals surface area contributed by atoms with Gasteiger partial charge in [-0.15, -0.1) is 0 Å². The predicted octanol–water partition coefficient (Wildman–Crippen LogP) is 2.64. The molecule has 1 heterocycles. The van der Waals surface area contributed by atoms with Gasteiger partial charge in [0.1, 0.15) is 0 Å². The highest BCUT2D eigenvalue weighted by Gasteiger charge is 2.16. The molecule has 17 heavy (non-hydrogen) atoms. The van der Waals surface area contributed by atoms with Gasteiger partial charge in [-0.3, -0.25) is 9.69 Å². The molecule has 1 aromatic carbocycles. The van der Waals surface area contributed by atoms with Crippen molar-refractivity contribution in [2.24, 2.45) is 0 Å². The molecule has 3 nitrogen and oxygen atoms in total. The summed E-state index contributed by atoms with van der Waals surface area (Å²) >= 11 is 12.3. The number of carbonyl (C=O) groups is 1. The van der Waals surface area contributed by atoms with Crippen LogP contribution in [0.4, 0.5) is 0 Å². The highest BCUT2D eigenvalue weighted by Crippen LogP contribution is 2.28. The van der Waals surface area contributed by atoms with Crippen molar-refractivity contribution in [3.63, 3.8) is 0 Å². The van der Waals surface area contributed by atoms with Gasteiger partial charge in [-0.25, -0.2) is 0 Å². The zero-order valence-electron chi connectivity index (χ0n) is 9.29. The van der Waals surface area contributed by atoms with Crippen molar-refractivity contribution in [2.75, 3.05) is 26.3 Å².